The molecule has 0 saturated carbocycles. The van der Waals surface area contributed by atoms with E-state index >= 15 is 0 Å². The van der Waals surface area contributed by atoms with E-state index in [1.807, 2.05) is 54.6 Å². The number of hydrogen-bond acceptors (Lipinski definition) is 6. The molecule has 0 bridgehead atoms. The Morgan fingerprint density at radius 2 is 1.85 bits per heavy atom. The predicted octanol–water partition coefficient (Wildman–Crippen LogP) is 3.82. The highest BCUT2D eigenvalue weighted by molar-refractivity contribution is 5.95. The molecule has 0 fully saturated rings. The highest BCUT2D eigenvalue weighted by Crippen LogP contribution is 2.28. The van der Waals surface area contributed by atoms with E-state index in [0.717, 1.165) is 16.9 Å². The highest BCUT2D eigenvalue weighted by atomic mass is 16.6. The van der Waals surface area contributed by atoms with Crippen molar-refractivity contribution in [2.75, 3.05) is 6.61 Å². The van der Waals surface area contributed by atoms with Crippen LogP contribution in [-0.2, 0) is 9.53 Å². The summed E-state index contributed by atoms with van der Waals surface area (Å²) in [6.45, 7) is 1.86. The number of nitrogens with zero attached hydrogens (tertiary/aromatic N) is 2. The van der Waals surface area contributed by atoms with E-state index in [4.69, 9.17) is 13.9 Å². The molecule has 0 saturated heterocycles. The molecular formula is C20H16N2O4. The molecule has 2 heterocycles. The van der Waals surface area contributed by atoms with Crippen LogP contribution >= 0.6 is 0 Å². The maximum Gasteiger partial charge on any atom is 0.338 e. The van der Waals surface area contributed by atoms with Crippen LogP contribution in [-0.4, -0.2) is 22.8 Å². The molecule has 0 N–H and O–H groups in total. The monoisotopic (exact) mass is 348 g/mol. The topological polar surface area (TPSA) is 74.5 Å². The Balaban J connectivity index is 1.47. The van der Waals surface area contributed by atoms with Gasteiger partial charge < -0.3 is 13.9 Å². The Bertz CT molecular complexity index is 963. The molecule has 0 radical (unpaired) electrons. The van der Waals surface area contributed by atoms with Crippen LogP contribution in [0.2, 0.25) is 0 Å². The third-order valence-corrected chi connectivity index (χ3v) is 3.99. The van der Waals surface area contributed by atoms with Crippen molar-refractivity contribution in [3.63, 3.8) is 0 Å². The first kappa shape index (κ1) is 16.1. The standard InChI is InChI=1S/C20H16N2O4/c1-13(18-21-22-19(26-18)14-7-3-2-4-8-14)25-20(23)16-11-15-9-5-6-10-17(15)24-12-16/h2-11,13H,12H2,1H3. The lowest BCUT2D eigenvalue weighted by Crippen LogP contribution is -2.18. The molecule has 4 rings (SSSR count). The minimum Gasteiger partial charge on any atom is -0.488 e. The van der Waals surface area contributed by atoms with Gasteiger partial charge in [0.2, 0.25) is 5.89 Å². The van der Waals surface area contributed by atoms with Crippen LogP contribution in [0.25, 0.3) is 17.5 Å². The number of para-hydroxylation sites is 1. The van der Waals surface area contributed by atoms with Gasteiger partial charge in [0.25, 0.3) is 5.89 Å². The van der Waals surface area contributed by atoms with E-state index in [-0.39, 0.29) is 12.5 Å². The molecule has 1 aliphatic heterocycles. The van der Waals surface area contributed by atoms with Gasteiger partial charge in [-0.15, -0.1) is 10.2 Å². The first-order valence-corrected chi connectivity index (χ1v) is 8.23. The number of carbonyl (C=O) groups is 1. The second kappa shape index (κ2) is 6.84. The Kier molecular flexibility index (Phi) is 4.23. The Morgan fingerprint density at radius 1 is 1.08 bits per heavy atom. The number of carbonyl (C=O) groups excluding carboxylic acids is 1. The molecule has 1 atom stereocenters. The number of rotatable bonds is 4. The second-order valence-electron chi connectivity index (χ2n) is 5.86. The number of aromatic nitrogens is 2. The molecule has 6 heteroatoms. The van der Waals surface area contributed by atoms with Gasteiger partial charge in [0.15, 0.2) is 6.10 Å². The number of benzene rings is 2. The maximum atomic E-state index is 12.4. The molecule has 130 valence electrons. The number of hydrogen-bond donors (Lipinski definition) is 0. The number of fused-ring (bicyclic) bond motifs is 1. The zero-order chi connectivity index (χ0) is 17.9. The Morgan fingerprint density at radius 3 is 2.69 bits per heavy atom. The summed E-state index contributed by atoms with van der Waals surface area (Å²) >= 11 is 0. The zero-order valence-electron chi connectivity index (χ0n) is 14.1. The number of esters is 1. The predicted molar refractivity (Wildman–Crippen MR) is 94.2 cm³/mol. The van der Waals surface area contributed by atoms with Gasteiger partial charge in [0.05, 0.1) is 5.57 Å². The van der Waals surface area contributed by atoms with Crippen molar-refractivity contribution >= 4 is 12.0 Å². The van der Waals surface area contributed by atoms with Crippen LogP contribution in [0.3, 0.4) is 0 Å². The van der Waals surface area contributed by atoms with Crippen molar-refractivity contribution in [3.05, 3.63) is 71.6 Å². The van der Waals surface area contributed by atoms with Gasteiger partial charge in [-0.3, -0.25) is 0 Å². The summed E-state index contributed by atoms with van der Waals surface area (Å²) in [6.07, 6.45) is 1.11. The van der Waals surface area contributed by atoms with Crippen molar-refractivity contribution < 1.29 is 18.7 Å². The fraction of sp³-hybridized carbons (Fsp3) is 0.150. The Labute approximate surface area is 150 Å². The lowest BCUT2D eigenvalue weighted by atomic mass is 10.1. The summed E-state index contributed by atoms with van der Waals surface area (Å²) in [5, 5.41) is 7.99. The average Bonchev–Trinajstić information content (AvgIpc) is 3.18. The van der Waals surface area contributed by atoms with E-state index in [2.05, 4.69) is 10.2 Å². The SMILES string of the molecule is CC(OC(=O)C1=Cc2ccccc2OC1)c1nnc(-c2ccccc2)o1. The van der Waals surface area contributed by atoms with Gasteiger partial charge in [-0.25, -0.2) is 4.79 Å². The Hall–Kier alpha value is -3.41. The maximum absolute atomic E-state index is 12.4. The fourth-order valence-electron chi connectivity index (χ4n) is 2.62. The summed E-state index contributed by atoms with van der Waals surface area (Å²) in [5.74, 6) is 0.917. The average molecular weight is 348 g/mol. The normalized spacial score (nSPS) is 14.0. The van der Waals surface area contributed by atoms with Crippen molar-refractivity contribution in [3.8, 4) is 17.2 Å². The summed E-state index contributed by atoms with van der Waals surface area (Å²) in [4.78, 5) is 12.4. The van der Waals surface area contributed by atoms with Crippen LogP contribution in [0.1, 0.15) is 24.5 Å². The van der Waals surface area contributed by atoms with Gasteiger partial charge in [-0.05, 0) is 31.2 Å². The van der Waals surface area contributed by atoms with Gasteiger partial charge >= 0.3 is 5.97 Å². The minimum atomic E-state index is -0.662. The summed E-state index contributed by atoms with van der Waals surface area (Å²) in [5.41, 5.74) is 2.10. The van der Waals surface area contributed by atoms with Crippen LogP contribution < -0.4 is 4.74 Å². The van der Waals surface area contributed by atoms with Crippen molar-refractivity contribution in [1.29, 1.82) is 0 Å². The van der Waals surface area contributed by atoms with Crippen molar-refractivity contribution in [2.24, 2.45) is 0 Å². The molecule has 2 aromatic carbocycles. The van der Waals surface area contributed by atoms with Crippen LogP contribution in [0.5, 0.6) is 5.75 Å². The molecular weight excluding hydrogens is 332 g/mol. The van der Waals surface area contributed by atoms with E-state index in [1.54, 1.807) is 13.0 Å². The molecule has 3 aromatic rings. The van der Waals surface area contributed by atoms with Gasteiger partial charge in [0.1, 0.15) is 12.4 Å². The molecule has 0 aliphatic carbocycles. The van der Waals surface area contributed by atoms with Crippen molar-refractivity contribution in [2.45, 2.75) is 13.0 Å². The summed E-state index contributed by atoms with van der Waals surface area (Å²) < 4.78 is 16.7. The molecule has 1 unspecified atom stereocenters. The molecule has 1 aromatic heterocycles. The largest absolute Gasteiger partial charge is 0.488 e. The molecule has 6 nitrogen and oxygen atoms in total. The quantitative estimate of drug-likeness (QED) is 0.667. The highest BCUT2D eigenvalue weighted by Gasteiger charge is 2.23. The minimum absolute atomic E-state index is 0.168. The fourth-order valence-corrected chi connectivity index (χ4v) is 2.62. The molecule has 26 heavy (non-hydrogen) atoms. The first-order chi connectivity index (χ1) is 12.7. The zero-order valence-corrected chi connectivity index (χ0v) is 14.1. The first-order valence-electron chi connectivity index (χ1n) is 8.23. The second-order valence-corrected chi connectivity index (χ2v) is 5.86. The van der Waals surface area contributed by atoms with Gasteiger partial charge in [-0.2, -0.15) is 0 Å². The lowest BCUT2D eigenvalue weighted by molar-refractivity contribution is -0.145. The van der Waals surface area contributed by atoms with E-state index in [0.29, 0.717) is 11.5 Å². The van der Waals surface area contributed by atoms with E-state index in [1.165, 1.54) is 0 Å². The number of ether oxygens (including phenoxy) is 2. The summed E-state index contributed by atoms with van der Waals surface area (Å²) in [6, 6.07) is 16.9. The van der Waals surface area contributed by atoms with Gasteiger partial charge in [0, 0.05) is 11.1 Å². The smallest absolute Gasteiger partial charge is 0.338 e. The van der Waals surface area contributed by atoms with Crippen LogP contribution in [0.15, 0.2) is 64.6 Å². The van der Waals surface area contributed by atoms with Gasteiger partial charge in [-0.1, -0.05) is 36.4 Å². The van der Waals surface area contributed by atoms with Crippen molar-refractivity contribution in [1.82, 2.24) is 10.2 Å². The molecule has 0 spiro atoms. The third-order valence-electron chi connectivity index (χ3n) is 3.99. The summed E-state index contributed by atoms with van der Waals surface area (Å²) in [7, 11) is 0. The lowest BCUT2D eigenvalue weighted by Gasteiger charge is -2.18. The van der Waals surface area contributed by atoms with E-state index in [9.17, 15) is 4.79 Å². The molecule has 0 amide bonds. The molecule has 1 aliphatic rings. The van der Waals surface area contributed by atoms with Crippen LogP contribution in [0.4, 0.5) is 0 Å². The van der Waals surface area contributed by atoms with Crippen LogP contribution in [0, 0.1) is 0 Å². The van der Waals surface area contributed by atoms with E-state index < -0.39 is 12.1 Å². The third kappa shape index (κ3) is 3.21.